The molecule has 2 aromatic carbocycles. The van der Waals surface area contributed by atoms with Crippen LogP contribution in [0.5, 0.6) is 0 Å². The predicted molar refractivity (Wildman–Crippen MR) is 79.4 cm³/mol. The van der Waals surface area contributed by atoms with Crippen molar-refractivity contribution in [1.82, 2.24) is 0 Å². The highest BCUT2D eigenvalue weighted by Gasteiger charge is 2.13. The van der Waals surface area contributed by atoms with Gasteiger partial charge in [0, 0.05) is 22.6 Å². The molecule has 0 fully saturated rings. The number of nitrogens with zero attached hydrogens (tertiary/aromatic N) is 1. The molecule has 5 nitrogen and oxygen atoms in total. The summed E-state index contributed by atoms with van der Waals surface area (Å²) in [5, 5.41) is 13.1. The largest absolute Gasteiger partial charge is 0.321 e. The van der Waals surface area contributed by atoms with Crippen LogP contribution in [0.3, 0.4) is 0 Å². The molecule has 0 spiro atoms. The van der Waals surface area contributed by atoms with Gasteiger partial charge in [0.2, 0.25) is 0 Å². The minimum absolute atomic E-state index is 0.134. The van der Waals surface area contributed by atoms with Gasteiger partial charge in [-0.3, -0.25) is 14.9 Å². The number of nitrogens with one attached hydrogen (secondary N) is 1. The van der Waals surface area contributed by atoms with Crippen LogP contribution in [0.25, 0.3) is 0 Å². The lowest BCUT2D eigenvalue weighted by atomic mass is 10.2. The molecule has 114 valence electrons. The number of non-ortho nitro benzene ring substituents is 1. The van der Waals surface area contributed by atoms with E-state index in [9.17, 15) is 23.7 Å². The lowest BCUT2D eigenvalue weighted by molar-refractivity contribution is -0.384. The molecule has 0 saturated carbocycles. The second-order valence-electron chi connectivity index (χ2n) is 4.13. The lowest BCUT2D eigenvalue weighted by Gasteiger charge is -2.10. The van der Waals surface area contributed by atoms with Crippen LogP contribution in [0, 0.1) is 10.1 Å². The molecular formula is C14H10F2N2O3S. The van der Waals surface area contributed by atoms with Crippen LogP contribution >= 0.6 is 11.8 Å². The summed E-state index contributed by atoms with van der Waals surface area (Å²) in [5.74, 6) is -3.13. The molecular weight excluding hydrogens is 314 g/mol. The second kappa shape index (κ2) is 6.99. The third-order valence-electron chi connectivity index (χ3n) is 2.69. The number of hydrogen-bond donors (Lipinski definition) is 1. The van der Waals surface area contributed by atoms with Crippen molar-refractivity contribution in [3.8, 4) is 0 Å². The third kappa shape index (κ3) is 4.01. The summed E-state index contributed by atoms with van der Waals surface area (Å²) < 4.78 is 24.9. The van der Waals surface area contributed by atoms with E-state index in [0.717, 1.165) is 0 Å². The Labute approximate surface area is 128 Å². The summed E-state index contributed by atoms with van der Waals surface area (Å²) in [6, 6.07) is 11.2. The molecule has 1 amide bonds. The number of thioether (sulfide) groups is 1. The Morgan fingerprint density at radius 2 is 1.77 bits per heavy atom. The predicted octanol–water partition coefficient (Wildman–Crippen LogP) is 4.16. The number of hydrogen-bond acceptors (Lipinski definition) is 4. The summed E-state index contributed by atoms with van der Waals surface area (Å²) in [6.45, 7) is 0. The van der Waals surface area contributed by atoms with E-state index in [1.54, 1.807) is 12.1 Å². The van der Waals surface area contributed by atoms with E-state index in [1.807, 2.05) is 0 Å². The minimum Gasteiger partial charge on any atom is -0.321 e. The Morgan fingerprint density at radius 3 is 2.36 bits per heavy atom. The van der Waals surface area contributed by atoms with Crippen LogP contribution in [0.2, 0.25) is 0 Å². The number of halogens is 2. The van der Waals surface area contributed by atoms with Crippen LogP contribution in [-0.4, -0.2) is 16.6 Å². The molecule has 0 bridgehead atoms. The Balaban J connectivity index is 2.16. The first-order chi connectivity index (χ1) is 10.5. The number of alkyl halides is 2. The molecule has 0 radical (unpaired) electrons. The van der Waals surface area contributed by atoms with Gasteiger partial charge in [0.25, 0.3) is 17.4 Å². The average Bonchev–Trinajstić information content (AvgIpc) is 2.48. The quantitative estimate of drug-likeness (QED) is 0.509. The summed E-state index contributed by atoms with van der Waals surface area (Å²) in [7, 11) is 0. The monoisotopic (exact) mass is 324 g/mol. The van der Waals surface area contributed by atoms with Gasteiger partial charge in [-0.2, -0.15) is 8.78 Å². The number of anilines is 1. The normalized spacial score (nSPS) is 10.5. The molecule has 0 heterocycles. The van der Waals surface area contributed by atoms with Gasteiger partial charge in [0.05, 0.1) is 10.6 Å². The summed E-state index contributed by atoms with van der Waals surface area (Å²) in [5.41, 5.74) is 0.323. The van der Waals surface area contributed by atoms with Gasteiger partial charge in [0.1, 0.15) is 0 Å². The first-order valence-electron chi connectivity index (χ1n) is 6.07. The third-order valence-corrected chi connectivity index (χ3v) is 3.48. The van der Waals surface area contributed by atoms with Crippen molar-refractivity contribution in [2.45, 2.75) is 10.7 Å². The number of rotatable bonds is 5. The lowest BCUT2D eigenvalue weighted by Crippen LogP contribution is -2.12. The maximum atomic E-state index is 12.5. The van der Waals surface area contributed by atoms with E-state index < -0.39 is 16.6 Å². The fraction of sp³-hybridized carbons (Fsp3) is 0.0714. The van der Waals surface area contributed by atoms with Crippen molar-refractivity contribution in [1.29, 1.82) is 0 Å². The molecule has 22 heavy (non-hydrogen) atoms. The van der Waals surface area contributed by atoms with Gasteiger partial charge in [-0.25, -0.2) is 0 Å². The zero-order chi connectivity index (χ0) is 16.1. The summed E-state index contributed by atoms with van der Waals surface area (Å²) in [6.07, 6.45) is 0. The molecule has 0 aliphatic rings. The van der Waals surface area contributed by atoms with Crippen LogP contribution in [0.4, 0.5) is 20.2 Å². The highest BCUT2D eigenvalue weighted by Crippen LogP contribution is 2.31. The van der Waals surface area contributed by atoms with E-state index >= 15 is 0 Å². The van der Waals surface area contributed by atoms with Gasteiger partial charge < -0.3 is 5.32 Å². The zero-order valence-electron chi connectivity index (χ0n) is 11.0. The first kappa shape index (κ1) is 15.9. The van der Waals surface area contributed by atoms with Crippen molar-refractivity contribution >= 4 is 29.0 Å². The number of para-hydroxylation sites is 1. The fourth-order valence-electron chi connectivity index (χ4n) is 1.70. The molecule has 0 atom stereocenters. The van der Waals surface area contributed by atoms with Crippen molar-refractivity contribution in [3.63, 3.8) is 0 Å². The maximum absolute atomic E-state index is 12.5. The number of nitro benzene ring substituents is 1. The Kier molecular flexibility index (Phi) is 5.05. The van der Waals surface area contributed by atoms with E-state index in [0.29, 0.717) is 11.8 Å². The van der Waals surface area contributed by atoms with Crippen LogP contribution in [-0.2, 0) is 0 Å². The number of benzene rings is 2. The SMILES string of the molecule is O=C(Nc1ccccc1SC(F)F)c1ccc([N+](=O)[O-])cc1. The smallest absolute Gasteiger partial charge is 0.288 e. The number of carbonyl (C=O) groups excluding carboxylic acids is 1. The first-order valence-corrected chi connectivity index (χ1v) is 6.95. The van der Waals surface area contributed by atoms with E-state index in [-0.39, 0.29) is 21.8 Å². The molecule has 0 aromatic heterocycles. The summed E-state index contributed by atoms with van der Waals surface area (Å²) >= 11 is 0.331. The molecule has 2 rings (SSSR count). The van der Waals surface area contributed by atoms with E-state index in [2.05, 4.69) is 5.32 Å². The molecule has 1 N–H and O–H groups in total. The van der Waals surface area contributed by atoms with E-state index in [4.69, 9.17) is 0 Å². The summed E-state index contributed by atoms with van der Waals surface area (Å²) in [4.78, 5) is 22.3. The van der Waals surface area contributed by atoms with Gasteiger partial charge in [-0.1, -0.05) is 23.9 Å². The average molecular weight is 324 g/mol. The van der Waals surface area contributed by atoms with Crippen molar-refractivity contribution in [2.24, 2.45) is 0 Å². The van der Waals surface area contributed by atoms with Crippen molar-refractivity contribution in [2.75, 3.05) is 5.32 Å². The van der Waals surface area contributed by atoms with Gasteiger partial charge in [-0.15, -0.1) is 0 Å². The van der Waals surface area contributed by atoms with Crippen molar-refractivity contribution in [3.05, 3.63) is 64.2 Å². The van der Waals surface area contributed by atoms with Crippen LogP contribution in [0.1, 0.15) is 10.4 Å². The van der Waals surface area contributed by atoms with Gasteiger partial charge in [0.15, 0.2) is 0 Å². The zero-order valence-corrected chi connectivity index (χ0v) is 11.8. The van der Waals surface area contributed by atoms with Crippen LogP contribution < -0.4 is 5.32 Å². The molecule has 0 aliphatic heterocycles. The standard InChI is InChI=1S/C14H10F2N2O3S/c15-14(16)22-12-4-2-1-3-11(12)17-13(19)9-5-7-10(8-6-9)18(20)21/h1-8,14H,(H,17,19). The molecule has 0 aliphatic carbocycles. The highest BCUT2D eigenvalue weighted by molar-refractivity contribution is 7.99. The van der Waals surface area contributed by atoms with Crippen LogP contribution in [0.15, 0.2) is 53.4 Å². The fourth-order valence-corrected chi connectivity index (χ4v) is 2.29. The maximum Gasteiger partial charge on any atom is 0.288 e. The second-order valence-corrected chi connectivity index (χ2v) is 5.16. The Morgan fingerprint density at radius 1 is 1.14 bits per heavy atom. The minimum atomic E-state index is -2.60. The Hall–Kier alpha value is -2.48. The number of carbonyl (C=O) groups is 1. The van der Waals surface area contributed by atoms with Gasteiger partial charge in [-0.05, 0) is 24.3 Å². The number of nitro groups is 1. The Bertz CT molecular complexity index is 693. The highest BCUT2D eigenvalue weighted by atomic mass is 32.2. The number of amides is 1. The topological polar surface area (TPSA) is 72.2 Å². The molecule has 0 saturated heterocycles. The molecule has 2 aromatic rings. The van der Waals surface area contributed by atoms with Gasteiger partial charge >= 0.3 is 0 Å². The molecule has 8 heteroatoms. The van der Waals surface area contributed by atoms with Crippen molar-refractivity contribution < 1.29 is 18.5 Å². The molecule has 0 unspecified atom stereocenters. The van der Waals surface area contributed by atoms with E-state index in [1.165, 1.54) is 36.4 Å².